The Labute approximate surface area is 185 Å². The van der Waals surface area contributed by atoms with E-state index in [1.54, 1.807) is 42.5 Å². The van der Waals surface area contributed by atoms with Gasteiger partial charge in [-0.3, -0.25) is 4.79 Å². The van der Waals surface area contributed by atoms with Crippen molar-refractivity contribution in [3.8, 4) is 11.8 Å². The molecule has 30 heavy (non-hydrogen) atoms. The molecule has 0 aliphatic carbocycles. The quantitative estimate of drug-likeness (QED) is 0.357. The van der Waals surface area contributed by atoms with Gasteiger partial charge in [0.1, 0.15) is 24.0 Å². The summed E-state index contributed by atoms with van der Waals surface area (Å²) < 4.78 is 5.78. The van der Waals surface area contributed by atoms with Crippen LogP contribution in [0.15, 0.2) is 72.3 Å². The van der Waals surface area contributed by atoms with Crippen LogP contribution in [0.2, 0.25) is 10.0 Å². The molecule has 0 aliphatic rings. The third kappa shape index (κ3) is 6.12. The highest BCUT2D eigenvalue weighted by Crippen LogP contribution is 2.23. The second-order valence-electron chi connectivity index (χ2n) is 6.63. The first-order valence-corrected chi connectivity index (χ1v) is 9.86. The fraction of sp³-hybridized carbons (Fsp3) is 0.0833. The van der Waals surface area contributed by atoms with Crippen molar-refractivity contribution >= 4 is 40.9 Å². The zero-order valence-electron chi connectivity index (χ0n) is 16.2. The number of benzene rings is 3. The van der Waals surface area contributed by atoms with Crippen molar-refractivity contribution in [2.45, 2.75) is 13.5 Å². The molecule has 1 N–H and O–H groups in total. The average Bonchev–Trinajstić information content (AvgIpc) is 2.71. The minimum absolute atomic E-state index is 0.0422. The van der Waals surface area contributed by atoms with Crippen molar-refractivity contribution in [1.29, 1.82) is 5.26 Å². The van der Waals surface area contributed by atoms with Crippen LogP contribution >= 0.6 is 23.2 Å². The van der Waals surface area contributed by atoms with Crippen LogP contribution < -0.4 is 10.1 Å². The zero-order chi connectivity index (χ0) is 21.5. The summed E-state index contributed by atoms with van der Waals surface area (Å²) in [4.78, 5) is 12.4. The summed E-state index contributed by atoms with van der Waals surface area (Å²) in [6, 6.07) is 21.9. The molecule has 0 aromatic heterocycles. The molecule has 0 bridgehead atoms. The second kappa shape index (κ2) is 9.98. The van der Waals surface area contributed by atoms with Crippen molar-refractivity contribution in [2.75, 3.05) is 5.32 Å². The van der Waals surface area contributed by atoms with Crippen LogP contribution in [0.3, 0.4) is 0 Å². The van der Waals surface area contributed by atoms with Gasteiger partial charge in [0.25, 0.3) is 5.91 Å². The Balaban J connectivity index is 1.65. The van der Waals surface area contributed by atoms with Crippen LogP contribution in [-0.2, 0) is 11.4 Å². The van der Waals surface area contributed by atoms with Gasteiger partial charge < -0.3 is 10.1 Å². The Hall–Kier alpha value is -3.26. The minimum atomic E-state index is -0.546. The zero-order valence-corrected chi connectivity index (χ0v) is 17.7. The van der Waals surface area contributed by atoms with Crippen LogP contribution in [0.1, 0.15) is 16.7 Å². The normalized spacial score (nSPS) is 10.9. The van der Waals surface area contributed by atoms with Gasteiger partial charge in [0, 0.05) is 15.7 Å². The molecular formula is C24H18Cl2N2O2. The molecule has 0 saturated heterocycles. The maximum absolute atomic E-state index is 12.4. The molecule has 0 unspecified atom stereocenters. The lowest BCUT2D eigenvalue weighted by Gasteiger charge is -2.07. The number of carbonyl (C=O) groups is 1. The number of ether oxygens (including phenoxy) is 1. The van der Waals surface area contributed by atoms with Gasteiger partial charge in [0.05, 0.1) is 0 Å². The third-order valence-electron chi connectivity index (χ3n) is 4.20. The van der Waals surface area contributed by atoms with Crippen LogP contribution in [0.5, 0.6) is 5.75 Å². The molecule has 3 aromatic rings. The SMILES string of the molecule is Cc1ccc(COc2ccc(/C=C(/C#N)C(=O)Nc3cc(Cl)cc(Cl)c3)cc2)cc1. The van der Waals surface area contributed by atoms with Gasteiger partial charge in [0.15, 0.2) is 0 Å². The summed E-state index contributed by atoms with van der Waals surface area (Å²) in [5, 5.41) is 12.8. The lowest BCUT2D eigenvalue weighted by molar-refractivity contribution is -0.112. The average molecular weight is 437 g/mol. The van der Waals surface area contributed by atoms with Gasteiger partial charge in [-0.25, -0.2) is 0 Å². The third-order valence-corrected chi connectivity index (χ3v) is 4.64. The number of rotatable bonds is 6. The van der Waals surface area contributed by atoms with E-state index >= 15 is 0 Å². The Kier molecular flexibility index (Phi) is 7.13. The van der Waals surface area contributed by atoms with E-state index < -0.39 is 5.91 Å². The lowest BCUT2D eigenvalue weighted by Crippen LogP contribution is -2.13. The molecule has 1 amide bonds. The maximum atomic E-state index is 12.4. The number of hydrogen-bond donors (Lipinski definition) is 1. The van der Waals surface area contributed by atoms with Gasteiger partial charge in [-0.2, -0.15) is 5.26 Å². The van der Waals surface area contributed by atoms with Crippen molar-refractivity contribution in [3.63, 3.8) is 0 Å². The Bertz CT molecular complexity index is 1100. The lowest BCUT2D eigenvalue weighted by atomic mass is 10.1. The molecule has 0 fully saturated rings. The topological polar surface area (TPSA) is 62.1 Å². The number of hydrogen-bond acceptors (Lipinski definition) is 3. The molecule has 150 valence electrons. The number of nitrogens with one attached hydrogen (secondary N) is 1. The van der Waals surface area contributed by atoms with Gasteiger partial charge in [0.2, 0.25) is 0 Å². The molecular weight excluding hydrogens is 419 g/mol. The summed E-state index contributed by atoms with van der Waals surface area (Å²) in [7, 11) is 0. The van der Waals surface area contributed by atoms with Crippen LogP contribution in [-0.4, -0.2) is 5.91 Å². The number of nitriles is 1. The van der Waals surface area contributed by atoms with E-state index in [1.807, 2.05) is 37.3 Å². The highest BCUT2D eigenvalue weighted by molar-refractivity contribution is 6.35. The first-order valence-electron chi connectivity index (χ1n) is 9.10. The highest BCUT2D eigenvalue weighted by Gasteiger charge is 2.10. The van der Waals surface area contributed by atoms with Gasteiger partial charge in [-0.1, -0.05) is 65.2 Å². The van der Waals surface area contributed by atoms with Gasteiger partial charge >= 0.3 is 0 Å². The minimum Gasteiger partial charge on any atom is -0.489 e. The van der Waals surface area contributed by atoms with E-state index in [2.05, 4.69) is 5.32 Å². The summed E-state index contributed by atoms with van der Waals surface area (Å²) in [5.74, 6) is 0.153. The van der Waals surface area contributed by atoms with E-state index in [9.17, 15) is 10.1 Å². The molecule has 0 atom stereocenters. The highest BCUT2D eigenvalue weighted by atomic mass is 35.5. The van der Waals surface area contributed by atoms with Gasteiger partial charge in [-0.05, 0) is 54.5 Å². The molecule has 3 aromatic carbocycles. The maximum Gasteiger partial charge on any atom is 0.266 e. The summed E-state index contributed by atoms with van der Waals surface area (Å²) >= 11 is 11.9. The Morgan fingerprint density at radius 3 is 2.27 bits per heavy atom. The fourth-order valence-corrected chi connectivity index (χ4v) is 3.18. The van der Waals surface area contributed by atoms with Crippen molar-refractivity contribution < 1.29 is 9.53 Å². The number of anilines is 1. The van der Waals surface area contributed by atoms with Crippen LogP contribution in [0, 0.1) is 18.3 Å². The van der Waals surface area contributed by atoms with Crippen molar-refractivity contribution in [3.05, 3.63) is 99.0 Å². The molecule has 0 saturated carbocycles. The number of carbonyl (C=O) groups excluding carboxylic acids is 1. The predicted octanol–water partition coefficient (Wildman–Crippen LogP) is 6.43. The number of halogens is 2. The van der Waals surface area contributed by atoms with Crippen molar-refractivity contribution in [1.82, 2.24) is 0 Å². The van der Waals surface area contributed by atoms with Crippen LogP contribution in [0.4, 0.5) is 5.69 Å². The number of aryl methyl sites for hydroxylation is 1. The van der Waals surface area contributed by atoms with E-state index in [0.717, 1.165) is 5.56 Å². The number of nitrogens with zero attached hydrogens (tertiary/aromatic N) is 1. The Morgan fingerprint density at radius 2 is 1.67 bits per heavy atom. The summed E-state index contributed by atoms with van der Waals surface area (Å²) in [6.07, 6.45) is 1.51. The van der Waals surface area contributed by atoms with E-state index in [1.165, 1.54) is 11.6 Å². The first kappa shape index (κ1) is 21.4. The van der Waals surface area contributed by atoms with Gasteiger partial charge in [-0.15, -0.1) is 0 Å². The Morgan fingerprint density at radius 1 is 1.03 bits per heavy atom. The van der Waals surface area contributed by atoms with E-state index in [4.69, 9.17) is 27.9 Å². The fourth-order valence-electron chi connectivity index (χ4n) is 2.65. The van der Waals surface area contributed by atoms with E-state index in [0.29, 0.717) is 33.7 Å². The first-order chi connectivity index (χ1) is 14.4. The molecule has 3 rings (SSSR count). The molecule has 4 nitrogen and oxygen atoms in total. The largest absolute Gasteiger partial charge is 0.489 e. The molecule has 6 heteroatoms. The summed E-state index contributed by atoms with van der Waals surface area (Å²) in [5.41, 5.74) is 3.35. The molecule has 0 spiro atoms. The van der Waals surface area contributed by atoms with Crippen molar-refractivity contribution in [2.24, 2.45) is 0 Å². The number of amides is 1. The standard InChI is InChI=1S/C24H18Cl2N2O2/c1-16-2-4-18(5-3-16)15-30-23-8-6-17(7-9-23)10-19(14-27)24(29)28-22-12-20(25)11-21(26)13-22/h2-13H,15H2,1H3,(H,28,29)/b19-10-. The monoisotopic (exact) mass is 436 g/mol. The molecule has 0 heterocycles. The second-order valence-corrected chi connectivity index (χ2v) is 7.50. The molecule has 0 radical (unpaired) electrons. The smallest absolute Gasteiger partial charge is 0.266 e. The van der Waals surface area contributed by atoms with Crippen LogP contribution in [0.25, 0.3) is 6.08 Å². The summed E-state index contributed by atoms with van der Waals surface area (Å²) in [6.45, 7) is 2.50. The molecule has 0 aliphatic heterocycles. The van der Waals surface area contributed by atoms with E-state index in [-0.39, 0.29) is 5.57 Å². The predicted molar refractivity (Wildman–Crippen MR) is 121 cm³/mol.